The van der Waals surface area contributed by atoms with Crippen LogP contribution in [0.15, 0.2) is 47.8 Å². The highest BCUT2D eigenvalue weighted by atomic mass is 35.5. The molecule has 0 radical (unpaired) electrons. The third-order valence-corrected chi connectivity index (χ3v) is 6.52. The molecule has 2 aromatic carbocycles. The number of carbonyl (C=O) groups is 2. The maximum Gasteiger partial charge on any atom is 0.341 e. The Bertz CT molecular complexity index is 1090. The number of nitrogens with one attached hydrogen (secondary N) is 1. The fourth-order valence-corrected chi connectivity index (χ4v) is 4.93. The van der Waals surface area contributed by atoms with Crippen molar-refractivity contribution in [2.75, 3.05) is 12.4 Å². The second-order valence-electron chi connectivity index (χ2n) is 7.39. The number of carbonyl (C=O) groups excluding carboxylic acids is 2. The number of halogens is 1. The molecule has 0 bridgehead atoms. The van der Waals surface area contributed by atoms with Crippen molar-refractivity contribution in [3.05, 3.63) is 75.1 Å². The molecule has 0 saturated heterocycles. The van der Waals surface area contributed by atoms with E-state index in [1.54, 1.807) is 12.1 Å². The molecule has 3 aromatic rings. The number of esters is 1. The molecule has 0 saturated carbocycles. The lowest BCUT2D eigenvalue weighted by Crippen LogP contribution is -2.16. The quantitative estimate of drug-likeness (QED) is 0.502. The highest BCUT2D eigenvalue weighted by molar-refractivity contribution is 7.15. The highest BCUT2D eigenvalue weighted by Gasteiger charge is 2.23. The number of hydrogen-bond donors (Lipinski definition) is 1. The second-order valence-corrected chi connectivity index (χ2v) is 8.70. The number of methoxy groups -OCH3 is 1. The van der Waals surface area contributed by atoms with Gasteiger partial charge in [-0.2, -0.15) is 0 Å². The van der Waals surface area contributed by atoms with Gasteiger partial charge in [-0.25, -0.2) is 4.79 Å². The van der Waals surface area contributed by atoms with Gasteiger partial charge in [-0.1, -0.05) is 41.9 Å². The third kappa shape index (κ3) is 4.42. The second kappa shape index (κ2) is 9.02. The normalized spacial score (nSPS) is 12.9. The zero-order valence-electron chi connectivity index (χ0n) is 16.7. The molecule has 1 aliphatic carbocycles. The van der Waals surface area contributed by atoms with E-state index >= 15 is 0 Å². The largest absolute Gasteiger partial charge is 0.465 e. The average Bonchev–Trinajstić information content (AvgIpc) is 3.17. The Kier molecular flexibility index (Phi) is 6.21. The number of amides is 1. The molecule has 4 rings (SSSR count). The molecule has 1 aromatic heterocycles. The molecular formula is C24H22ClNO3S. The van der Waals surface area contributed by atoms with Crippen LogP contribution in [0, 0.1) is 0 Å². The Labute approximate surface area is 184 Å². The Morgan fingerprint density at radius 2 is 1.80 bits per heavy atom. The lowest BCUT2D eigenvalue weighted by molar-refractivity contribution is -0.115. The summed E-state index contributed by atoms with van der Waals surface area (Å²) in [5.74, 6) is -0.646. The summed E-state index contributed by atoms with van der Waals surface area (Å²) in [6.07, 6.45) is 4.78. The van der Waals surface area contributed by atoms with E-state index in [0.29, 0.717) is 15.6 Å². The zero-order chi connectivity index (χ0) is 21.1. The van der Waals surface area contributed by atoms with Gasteiger partial charge in [0, 0.05) is 16.0 Å². The lowest BCUT2D eigenvalue weighted by atomic mass is 9.89. The first-order valence-corrected chi connectivity index (χ1v) is 11.2. The molecular weight excluding hydrogens is 418 g/mol. The van der Waals surface area contributed by atoms with Gasteiger partial charge in [0.2, 0.25) is 5.91 Å². The van der Waals surface area contributed by atoms with E-state index in [2.05, 4.69) is 23.5 Å². The summed E-state index contributed by atoms with van der Waals surface area (Å²) in [4.78, 5) is 25.2. The molecule has 154 valence electrons. The van der Waals surface area contributed by atoms with Crippen LogP contribution in [-0.2, 0) is 28.8 Å². The summed E-state index contributed by atoms with van der Waals surface area (Å²) >= 11 is 7.24. The number of hydrogen-bond acceptors (Lipinski definition) is 4. The Hall–Kier alpha value is -2.63. The van der Waals surface area contributed by atoms with Crippen LogP contribution in [0.2, 0.25) is 5.02 Å². The predicted octanol–water partition coefficient (Wildman–Crippen LogP) is 5.92. The van der Waals surface area contributed by atoms with Crippen LogP contribution in [0.3, 0.4) is 0 Å². The molecule has 1 N–H and O–H groups in total. The third-order valence-electron chi connectivity index (χ3n) is 5.37. The molecule has 1 amide bonds. The van der Waals surface area contributed by atoms with Gasteiger partial charge in [0.15, 0.2) is 0 Å². The van der Waals surface area contributed by atoms with Gasteiger partial charge < -0.3 is 10.1 Å². The molecule has 0 aliphatic heterocycles. The van der Waals surface area contributed by atoms with Crippen molar-refractivity contribution in [1.82, 2.24) is 0 Å². The highest BCUT2D eigenvalue weighted by Crippen LogP contribution is 2.37. The number of fused-ring (bicyclic) bond motifs is 1. The maximum absolute atomic E-state index is 12.6. The zero-order valence-corrected chi connectivity index (χ0v) is 18.2. The number of benzene rings is 2. The van der Waals surface area contributed by atoms with Crippen LogP contribution in [0.25, 0.3) is 11.1 Å². The molecule has 0 atom stereocenters. The SMILES string of the molecule is COC(=O)c1c(-c2ccc3c(c2)CCCC3)csc1NC(=O)Cc1ccc(Cl)cc1. The van der Waals surface area contributed by atoms with Gasteiger partial charge in [-0.15, -0.1) is 11.3 Å². The van der Waals surface area contributed by atoms with Gasteiger partial charge >= 0.3 is 5.97 Å². The number of anilines is 1. The summed E-state index contributed by atoms with van der Waals surface area (Å²) in [7, 11) is 1.36. The van der Waals surface area contributed by atoms with Crippen LogP contribution >= 0.6 is 22.9 Å². The van der Waals surface area contributed by atoms with Crippen molar-refractivity contribution in [3.8, 4) is 11.1 Å². The monoisotopic (exact) mass is 439 g/mol. The Morgan fingerprint density at radius 3 is 2.53 bits per heavy atom. The van der Waals surface area contributed by atoms with Crippen molar-refractivity contribution in [3.63, 3.8) is 0 Å². The fourth-order valence-electron chi connectivity index (χ4n) is 3.83. The summed E-state index contributed by atoms with van der Waals surface area (Å²) in [6, 6.07) is 13.5. The van der Waals surface area contributed by atoms with E-state index in [9.17, 15) is 9.59 Å². The molecule has 1 heterocycles. The molecule has 6 heteroatoms. The Morgan fingerprint density at radius 1 is 1.07 bits per heavy atom. The molecule has 1 aliphatic rings. The van der Waals surface area contributed by atoms with Gasteiger partial charge in [0.1, 0.15) is 10.6 Å². The molecule has 0 unspecified atom stereocenters. The summed E-state index contributed by atoms with van der Waals surface area (Å²) in [5, 5.41) is 5.93. The topological polar surface area (TPSA) is 55.4 Å². The standard InChI is InChI=1S/C24H22ClNO3S/c1-29-24(28)22-20(18-9-8-16-4-2-3-5-17(16)13-18)14-30-23(22)26-21(27)12-15-6-10-19(25)11-7-15/h6-11,13-14H,2-5,12H2,1H3,(H,26,27). The van der Waals surface area contributed by atoms with Crippen LogP contribution in [-0.4, -0.2) is 19.0 Å². The number of thiophene rings is 1. The van der Waals surface area contributed by atoms with Crippen molar-refractivity contribution in [1.29, 1.82) is 0 Å². The summed E-state index contributed by atoms with van der Waals surface area (Å²) < 4.78 is 5.02. The minimum atomic E-state index is -0.453. The summed E-state index contributed by atoms with van der Waals surface area (Å²) in [6.45, 7) is 0. The van der Waals surface area contributed by atoms with Crippen LogP contribution in [0.4, 0.5) is 5.00 Å². The first-order valence-electron chi connectivity index (χ1n) is 9.91. The summed E-state index contributed by atoms with van der Waals surface area (Å²) in [5.41, 5.74) is 5.75. The minimum Gasteiger partial charge on any atom is -0.465 e. The Balaban J connectivity index is 1.61. The predicted molar refractivity (Wildman–Crippen MR) is 122 cm³/mol. The van der Waals surface area contributed by atoms with E-state index in [1.807, 2.05) is 17.5 Å². The van der Waals surface area contributed by atoms with E-state index in [4.69, 9.17) is 16.3 Å². The fraction of sp³-hybridized carbons (Fsp3) is 0.250. The van der Waals surface area contributed by atoms with Gasteiger partial charge in [0.05, 0.1) is 13.5 Å². The van der Waals surface area contributed by atoms with Crippen LogP contribution in [0.1, 0.15) is 39.9 Å². The number of ether oxygens (including phenoxy) is 1. The van der Waals surface area contributed by atoms with Crippen LogP contribution in [0.5, 0.6) is 0 Å². The van der Waals surface area contributed by atoms with Crippen LogP contribution < -0.4 is 5.32 Å². The lowest BCUT2D eigenvalue weighted by Gasteiger charge is -2.16. The van der Waals surface area contributed by atoms with Crippen molar-refractivity contribution >= 4 is 39.8 Å². The van der Waals surface area contributed by atoms with Gasteiger partial charge in [-0.05, 0) is 60.1 Å². The van der Waals surface area contributed by atoms with Gasteiger partial charge in [-0.3, -0.25) is 4.79 Å². The van der Waals surface area contributed by atoms with Gasteiger partial charge in [0.25, 0.3) is 0 Å². The first-order chi connectivity index (χ1) is 14.5. The minimum absolute atomic E-state index is 0.193. The number of rotatable bonds is 5. The first kappa shape index (κ1) is 20.6. The maximum atomic E-state index is 12.6. The molecule has 30 heavy (non-hydrogen) atoms. The van der Waals surface area contributed by atoms with E-state index in [1.165, 1.54) is 42.4 Å². The van der Waals surface area contributed by atoms with Crippen molar-refractivity contribution in [2.45, 2.75) is 32.1 Å². The van der Waals surface area contributed by atoms with E-state index in [0.717, 1.165) is 29.5 Å². The van der Waals surface area contributed by atoms with E-state index < -0.39 is 5.97 Å². The average molecular weight is 440 g/mol. The van der Waals surface area contributed by atoms with Crippen molar-refractivity contribution < 1.29 is 14.3 Å². The molecule has 0 fully saturated rings. The number of aryl methyl sites for hydroxylation is 2. The van der Waals surface area contributed by atoms with E-state index in [-0.39, 0.29) is 12.3 Å². The smallest absolute Gasteiger partial charge is 0.341 e. The van der Waals surface area contributed by atoms with Crippen molar-refractivity contribution in [2.24, 2.45) is 0 Å². The molecule has 0 spiro atoms. The molecule has 4 nitrogen and oxygen atoms in total.